The Morgan fingerprint density at radius 3 is 2.71 bits per heavy atom. The van der Waals surface area contributed by atoms with Crippen LogP contribution in [0.15, 0.2) is 54.7 Å². The first-order chi connectivity index (χ1) is 15.3. The van der Waals surface area contributed by atoms with Gasteiger partial charge >= 0.3 is 0 Å². The number of ether oxygens (including phenoxy) is 2. The van der Waals surface area contributed by atoms with Crippen molar-refractivity contribution in [3.8, 4) is 11.5 Å². The van der Waals surface area contributed by atoms with Gasteiger partial charge in [0.25, 0.3) is 0 Å². The van der Waals surface area contributed by atoms with Crippen molar-refractivity contribution in [3.05, 3.63) is 65.9 Å². The zero-order chi connectivity index (χ0) is 20.9. The molecule has 4 nitrogen and oxygen atoms in total. The van der Waals surface area contributed by atoms with E-state index in [0.717, 1.165) is 40.9 Å². The van der Waals surface area contributed by atoms with Crippen LogP contribution in [0.4, 0.5) is 0 Å². The predicted octanol–water partition coefficient (Wildman–Crippen LogP) is 5.91. The fraction of sp³-hybridized carbons (Fsp3) is 0.222. The summed E-state index contributed by atoms with van der Waals surface area (Å²) in [5.41, 5.74) is 3.58. The standard InChI is InChI=1S/C27H23NO3/c1-30-11-12-31-23-10-9-17-14-22-24-16(6-4-8-20(24)25(17)27(23)29)13-21-19-7-3-2-5-18(19)15-28-26(21)22/h2-3,5,7,9-10,13-15,29H,4,6,8,11-12H2,1H3. The summed E-state index contributed by atoms with van der Waals surface area (Å²) in [5, 5.41) is 19.1. The number of aromatic nitrogens is 1. The summed E-state index contributed by atoms with van der Waals surface area (Å²) in [5.74, 6) is 0.738. The van der Waals surface area contributed by atoms with Gasteiger partial charge in [-0.15, -0.1) is 0 Å². The summed E-state index contributed by atoms with van der Waals surface area (Å²) in [6.07, 6.45) is 5.02. The molecule has 1 aliphatic carbocycles. The highest BCUT2D eigenvalue weighted by Crippen LogP contribution is 2.45. The number of phenols is 1. The highest BCUT2D eigenvalue weighted by molar-refractivity contribution is 6.20. The minimum absolute atomic E-state index is 0.227. The third-order valence-corrected chi connectivity index (χ3v) is 6.50. The number of hydrogen-bond donors (Lipinski definition) is 1. The molecule has 0 radical (unpaired) electrons. The van der Waals surface area contributed by atoms with Crippen molar-refractivity contribution < 1.29 is 14.6 Å². The van der Waals surface area contributed by atoms with Crippen LogP contribution in [0.5, 0.6) is 11.5 Å². The van der Waals surface area contributed by atoms with Crippen LogP contribution >= 0.6 is 0 Å². The van der Waals surface area contributed by atoms with Crippen LogP contribution in [0, 0.1) is 0 Å². The minimum atomic E-state index is 0.227. The quantitative estimate of drug-likeness (QED) is 0.228. The van der Waals surface area contributed by atoms with E-state index in [1.807, 2.05) is 18.3 Å². The fourth-order valence-electron chi connectivity index (χ4n) is 5.14. The van der Waals surface area contributed by atoms with Gasteiger partial charge in [0.2, 0.25) is 0 Å². The third kappa shape index (κ3) is 2.75. The van der Waals surface area contributed by atoms with Crippen molar-refractivity contribution in [2.75, 3.05) is 20.3 Å². The van der Waals surface area contributed by atoms with Gasteiger partial charge in [-0.3, -0.25) is 4.98 Å². The summed E-state index contributed by atoms with van der Waals surface area (Å²) >= 11 is 0. The summed E-state index contributed by atoms with van der Waals surface area (Å²) in [7, 11) is 1.64. The van der Waals surface area contributed by atoms with Crippen LogP contribution in [0.2, 0.25) is 0 Å². The van der Waals surface area contributed by atoms with Crippen LogP contribution in [0.1, 0.15) is 17.5 Å². The Kier molecular flexibility index (Phi) is 4.22. The number of benzene rings is 4. The molecule has 0 unspecified atom stereocenters. The molecule has 0 fully saturated rings. The van der Waals surface area contributed by atoms with E-state index in [1.165, 1.54) is 32.7 Å². The Labute approximate surface area is 180 Å². The first-order valence-electron chi connectivity index (χ1n) is 10.8. The van der Waals surface area contributed by atoms with E-state index in [1.54, 1.807) is 7.11 Å². The topological polar surface area (TPSA) is 51.6 Å². The summed E-state index contributed by atoms with van der Waals surface area (Å²) < 4.78 is 10.9. The molecule has 1 aliphatic rings. The van der Waals surface area contributed by atoms with Crippen LogP contribution in [0.3, 0.4) is 0 Å². The van der Waals surface area contributed by atoms with Gasteiger partial charge in [0.05, 0.1) is 12.1 Å². The zero-order valence-corrected chi connectivity index (χ0v) is 17.4. The molecule has 0 saturated heterocycles. The van der Waals surface area contributed by atoms with Crippen LogP contribution in [0.25, 0.3) is 43.2 Å². The van der Waals surface area contributed by atoms with E-state index in [2.05, 4.69) is 36.4 Å². The monoisotopic (exact) mass is 409 g/mol. The molecule has 154 valence electrons. The number of nitrogens with zero attached hydrogens (tertiary/aromatic N) is 1. The number of hydrogen-bond acceptors (Lipinski definition) is 4. The second-order valence-corrected chi connectivity index (χ2v) is 8.26. The number of methoxy groups -OCH3 is 1. The average Bonchev–Trinajstić information content (AvgIpc) is 2.80. The van der Waals surface area contributed by atoms with Gasteiger partial charge in [-0.1, -0.05) is 30.3 Å². The molecular formula is C27H23NO3. The maximum Gasteiger partial charge on any atom is 0.165 e. The van der Waals surface area contributed by atoms with E-state index in [0.29, 0.717) is 19.0 Å². The summed E-state index contributed by atoms with van der Waals surface area (Å²) in [4.78, 5) is 4.87. The molecule has 0 bridgehead atoms. The van der Waals surface area contributed by atoms with Crippen molar-refractivity contribution in [2.45, 2.75) is 19.3 Å². The molecule has 31 heavy (non-hydrogen) atoms. The van der Waals surface area contributed by atoms with Gasteiger partial charge in [0, 0.05) is 34.9 Å². The second-order valence-electron chi connectivity index (χ2n) is 8.26. The van der Waals surface area contributed by atoms with E-state index in [9.17, 15) is 5.11 Å². The Hall–Kier alpha value is -3.37. The van der Waals surface area contributed by atoms with Crippen LogP contribution in [-0.4, -0.2) is 30.4 Å². The lowest BCUT2D eigenvalue weighted by Crippen LogP contribution is -2.06. The molecule has 1 aromatic heterocycles. The summed E-state index contributed by atoms with van der Waals surface area (Å²) in [6.45, 7) is 0.892. The van der Waals surface area contributed by atoms with Gasteiger partial charge in [-0.25, -0.2) is 0 Å². The minimum Gasteiger partial charge on any atom is -0.504 e. The Balaban J connectivity index is 1.70. The lowest BCUT2D eigenvalue weighted by atomic mass is 9.83. The largest absolute Gasteiger partial charge is 0.504 e. The maximum absolute atomic E-state index is 11.1. The number of fused-ring (bicyclic) bond motifs is 6. The predicted molar refractivity (Wildman–Crippen MR) is 125 cm³/mol. The van der Waals surface area contributed by atoms with Crippen molar-refractivity contribution in [2.24, 2.45) is 0 Å². The number of aromatic hydroxyl groups is 1. The first kappa shape index (κ1) is 18.4. The second kappa shape index (κ2) is 7.10. The SMILES string of the molecule is COCCOc1ccc2cc3c4c(cc5c6ccccc6cnc35)CCCc4c2c1O. The Morgan fingerprint density at radius 2 is 1.81 bits per heavy atom. The van der Waals surface area contributed by atoms with Gasteiger partial charge in [0.15, 0.2) is 11.5 Å². The van der Waals surface area contributed by atoms with Crippen molar-refractivity contribution >= 4 is 43.2 Å². The highest BCUT2D eigenvalue weighted by atomic mass is 16.5. The molecule has 1 heterocycles. The maximum atomic E-state index is 11.1. The normalized spacial score (nSPS) is 13.5. The first-order valence-corrected chi connectivity index (χ1v) is 10.8. The summed E-state index contributed by atoms with van der Waals surface area (Å²) in [6, 6.07) is 16.8. The molecule has 5 aromatic rings. The molecule has 1 N–H and O–H groups in total. The van der Waals surface area contributed by atoms with Crippen LogP contribution < -0.4 is 4.74 Å². The third-order valence-electron chi connectivity index (χ3n) is 6.50. The molecule has 0 aliphatic heterocycles. The molecular weight excluding hydrogens is 386 g/mol. The number of pyridine rings is 1. The Bertz CT molecular complexity index is 1490. The van der Waals surface area contributed by atoms with E-state index in [-0.39, 0.29) is 5.75 Å². The van der Waals surface area contributed by atoms with Crippen molar-refractivity contribution in [1.82, 2.24) is 4.98 Å². The highest BCUT2D eigenvalue weighted by Gasteiger charge is 2.22. The van der Waals surface area contributed by atoms with Gasteiger partial charge in [-0.05, 0) is 64.7 Å². The average molecular weight is 409 g/mol. The van der Waals surface area contributed by atoms with E-state index in [4.69, 9.17) is 14.5 Å². The van der Waals surface area contributed by atoms with Crippen molar-refractivity contribution in [3.63, 3.8) is 0 Å². The lowest BCUT2D eigenvalue weighted by molar-refractivity contribution is 0.144. The van der Waals surface area contributed by atoms with Gasteiger partial charge in [0.1, 0.15) is 6.61 Å². The fourth-order valence-corrected chi connectivity index (χ4v) is 5.14. The van der Waals surface area contributed by atoms with E-state index < -0.39 is 0 Å². The van der Waals surface area contributed by atoms with Crippen molar-refractivity contribution in [1.29, 1.82) is 0 Å². The molecule has 0 amide bonds. The Morgan fingerprint density at radius 1 is 0.903 bits per heavy atom. The molecule has 4 aromatic carbocycles. The molecule has 0 atom stereocenters. The number of aryl methyl sites for hydroxylation is 2. The number of rotatable bonds is 4. The van der Waals surface area contributed by atoms with E-state index >= 15 is 0 Å². The molecule has 6 rings (SSSR count). The van der Waals surface area contributed by atoms with Gasteiger partial charge < -0.3 is 14.6 Å². The molecule has 0 spiro atoms. The van der Waals surface area contributed by atoms with Gasteiger partial charge in [-0.2, -0.15) is 0 Å². The lowest BCUT2D eigenvalue weighted by Gasteiger charge is -2.22. The molecule has 0 saturated carbocycles. The smallest absolute Gasteiger partial charge is 0.165 e. The molecule has 4 heteroatoms. The number of phenolic OH excluding ortho intramolecular Hbond substituents is 1. The zero-order valence-electron chi connectivity index (χ0n) is 17.4. The van der Waals surface area contributed by atoms with Crippen LogP contribution in [-0.2, 0) is 17.6 Å².